The number of hydrogen-bond donors (Lipinski definition) is 1. The van der Waals surface area contributed by atoms with Gasteiger partial charge in [-0.05, 0) is 62.7 Å². The van der Waals surface area contributed by atoms with Crippen LogP contribution in [-0.2, 0) is 26.2 Å². The lowest BCUT2D eigenvalue weighted by Gasteiger charge is -2.32. The molecule has 2 amide bonds. The molecule has 0 saturated heterocycles. The number of hydrogen-bond acceptors (Lipinski definition) is 5. The highest BCUT2D eigenvalue weighted by molar-refractivity contribution is 7.92. The van der Waals surface area contributed by atoms with Crippen LogP contribution in [0.1, 0.15) is 25.0 Å². The quantitative estimate of drug-likeness (QED) is 0.377. The van der Waals surface area contributed by atoms with E-state index in [-0.39, 0.29) is 23.0 Å². The third kappa shape index (κ3) is 7.05. The molecule has 0 aliphatic heterocycles. The third-order valence-corrected chi connectivity index (χ3v) is 8.05. The number of amides is 2. The van der Waals surface area contributed by atoms with Crippen molar-refractivity contribution in [2.75, 3.05) is 24.5 Å². The SMILES string of the molecule is CCNC(=O)[C@H](C)N(Cc1ccc(Cl)cc1)C(=O)CN(c1cccc(OC)c1)S(=O)(=O)c1ccc(C)cc1. The zero-order chi connectivity index (χ0) is 27.9. The average Bonchev–Trinajstić information content (AvgIpc) is 2.91. The number of ether oxygens (including phenoxy) is 1. The fourth-order valence-electron chi connectivity index (χ4n) is 3.82. The van der Waals surface area contributed by atoms with E-state index >= 15 is 0 Å². The molecule has 0 fully saturated rings. The Morgan fingerprint density at radius 3 is 2.29 bits per heavy atom. The topological polar surface area (TPSA) is 96.0 Å². The molecule has 3 aromatic carbocycles. The minimum atomic E-state index is -4.15. The van der Waals surface area contributed by atoms with Crippen LogP contribution in [0, 0.1) is 6.92 Å². The van der Waals surface area contributed by atoms with Gasteiger partial charge in [-0.3, -0.25) is 13.9 Å². The number of carbonyl (C=O) groups excluding carboxylic acids is 2. The summed E-state index contributed by atoms with van der Waals surface area (Å²) in [6, 6.07) is 18.9. The summed E-state index contributed by atoms with van der Waals surface area (Å²) < 4.78 is 34.0. The smallest absolute Gasteiger partial charge is 0.264 e. The number of sulfonamides is 1. The van der Waals surface area contributed by atoms with Crippen LogP contribution in [0.3, 0.4) is 0 Å². The predicted molar refractivity (Wildman–Crippen MR) is 149 cm³/mol. The zero-order valence-electron chi connectivity index (χ0n) is 21.8. The first-order chi connectivity index (χ1) is 18.1. The van der Waals surface area contributed by atoms with Gasteiger partial charge < -0.3 is 15.0 Å². The second-order valence-corrected chi connectivity index (χ2v) is 11.0. The molecule has 3 aromatic rings. The second-order valence-electron chi connectivity index (χ2n) is 8.74. The molecule has 1 N–H and O–H groups in total. The Bertz CT molecular complexity index is 1360. The first kappa shape index (κ1) is 29.0. The minimum absolute atomic E-state index is 0.0414. The van der Waals surface area contributed by atoms with Crippen LogP contribution >= 0.6 is 11.6 Å². The maximum Gasteiger partial charge on any atom is 0.264 e. The highest BCUT2D eigenvalue weighted by Gasteiger charge is 2.32. The van der Waals surface area contributed by atoms with Crippen LogP contribution in [-0.4, -0.2) is 51.4 Å². The Labute approximate surface area is 229 Å². The minimum Gasteiger partial charge on any atom is -0.497 e. The highest BCUT2D eigenvalue weighted by atomic mass is 35.5. The number of benzene rings is 3. The van der Waals surface area contributed by atoms with Crippen molar-refractivity contribution >= 4 is 39.1 Å². The lowest BCUT2D eigenvalue weighted by Crippen LogP contribution is -2.51. The molecule has 10 heteroatoms. The van der Waals surface area contributed by atoms with Gasteiger partial charge in [-0.15, -0.1) is 0 Å². The van der Waals surface area contributed by atoms with Crippen molar-refractivity contribution in [2.45, 2.75) is 38.3 Å². The monoisotopic (exact) mass is 557 g/mol. The molecule has 1 atom stereocenters. The number of methoxy groups -OCH3 is 1. The summed E-state index contributed by atoms with van der Waals surface area (Å²) in [4.78, 5) is 28.0. The molecular weight excluding hydrogens is 526 g/mol. The van der Waals surface area contributed by atoms with Gasteiger partial charge in [0.1, 0.15) is 18.3 Å². The first-order valence-electron chi connectivity index (χ1n) is 12.1. The van der Waals surface area contributed by atoms with Gasteiger partial charge >= 0.3 is 0 Å². The van der Waals surface area contributed by atoms with Crippen molar-refractivity contribution in [3.8, 4) is 5.75 Å². The van der Waals surface area contributed by atoms with Crippen LogP contribution in [0.4, 0.5) is 5.69 Å². The second kappa shape index (κ2) is 12.8. The number of anilines is 1. The lowest BCUT2D eigenvalue weighted by molar-refractivity contribution is -0.139. The molecule has 0 aromatic heterocycles. The number of likely N-dealkylation sites (N-methyl/N-ethyl adjacent to an activating group) is 1. The fourth-order valence-corrected chi connectivity index (χ4v) is 5.35. The fraction of sp³-hybridized carbons (Fsp3) is 0.286. The van der Waals surface area contributed by atoms with E-state index in [1.165, 1.54) is 24.1 Å². The summed E-state index contributed by atoms with van der Waals surface area (Å²) in [5.41, 5.74) is 1.90. The summed E-state index contributed by atoms with van der Waals surface area (Å²) in [5.74, 6) is -0.450. The van der Waals surface area contributed by atoms with Crippen LogP contribution in [0.25, 0.3) is 0 Å². The number of aryl methyl sites for hydroxylation is 1. The van der Waals surface area contributed by atoms with Crippen molar-refractivity contribution in [1.82, 2.24) is 10.2 Å². The normalized spacial score (nSPS) is 11.9. The Kier molecular flexibility index (Phi) is 9.77. The molecule has 0 bridgehead atoms. The van der Waals surface area contributed by atoms with Gasteiger partial charge in [0.25, 0.3) is 10.0 Å². The van der Waals surface area contributed by atoms with Gasteiger partial charge in [0, 0.05) is 24.2 Å². The van der Waals surface area contributed by atoms with Crippen molar-refractivity contribution in [1.29, 1.82) is 0 Å². The summed E-state index contributed by atoms with van der Waals surface area (Å²) in [7, 11) is -2.67. The first-order valence-corrected chi connectivity index (χ1v) is 13.9. The lowest BCUT2D eigenvalue weighted by atomic mass is 10.1. The van der Waals surface area contributed by atoms with Crippen LogP contribution in [0.2, 0.25) is 5.02 Å². The molecule has 0 aliphatic rings. The van der Waals surface area contributed by atoms with E-state index in [0.29, 0.717) is 17.3 Å². The largest absolute Gasteiger partial charge is 0.497 e. The van der Waals surface area contributed by atoms with E-state index in [9.17, 15) is 18.0 Å². The molecule has 0 unspecified atom stereocenters. The molecule has 0 aliphatic carbocycles. The molecule has 3 rings (SSSR count). The number of halogens is 1. The Morgan fingerprint density at radius 2 is 1.68 bits per heavy atom. The van der Waals surface area contributed by atoms with Gasteiger partial charge in [0.15, 0.2) is 0 Å². The molecular formula is C28H32ClN3O5S. The van der Waals surface area contributed by atoms with E-state index in [1.54, 1.807) is 74.5 Å². The van der Waals surface area contributed by atoms with E-state index in [1.807, 2.05) is 6.92 Å². The van der Waals surface area contributed by atoms with Crippen molar-refractivity contribution in [3.05, 3.63) is 88.9 Å². The van der Waals surface area contributed by atoms with E-state index in [0.717, 1.165) is 15.4 Å². The van der Waals surface area contributed by atoms with Crippen molar-refractivity contribution in [2.24, 2.45) is 0 Å². The van der Waals surface area contributed by atoms with E-state index in [2.05, 4.69) is 5.32 Å². The average molecular weight is 558 g/mol. The molecule has 0 spiro atoms. The molecule has 0 heterocycles. The van der Waals surface area contributed by atoms with Gasteiger partial charge in [0.05, 0.1) is 17.7 Å². The maximum absolute atomic E-state index is 13.8. The van der Waals surface area contributed by atoms with Crippen molar-refractivity contribution in [3.63, 3.8) is 0 Å². The Balaban J connectivity index is 2.04. The predicted octanol–water partition coefficient (Wildman–Crippen LogP) is 4.41. The van der Waals surface area contributed by atoms with Gasteiger partial charge in [-0.1, -0.05) is 47.5 Å². The standard InChI is InChI=1S/C28H32ClN3O5S/c1-5-30-28(34)21(3)31(18-22-11-13-23(29)14-12-22)27(33)19-32(24-7-6-8-25(17-24)37-4)38(35,36)26-15-9-20(2)10-16-26/h6-17,21H,5,18-19H2,1-4H3,(H,30,34)/t21-/m0/s1. The maximum atomic E-state index is 13.8. The van der Waals surface area contributed by atoms with E-state index < -0.39 is 28.5 Å². The van der Waals surface area contributed by atoms with Crippen LogP contribution in [0.15, 0.2) is 77.7 Å². The van der Waals surface area contributed by atoms with E-state index in [4.69, 9.17) is 16.3 Å². The molecule has 0 radical (unpaired) electrons. The molecule has 38 heavy (non-hydrogen) atoms. The Hall–Kier alpha value is -3.56. The zero-order valence-corrected chi connectivity index (χ0v) is 23.4. The Morgan fingerprint density at radius 1 is 1.03 bits per heavy atom. The van der Waals surface area contributed by atoms with Gasteiger partial charge in [-0.2, -0.15) is 0 Å². The number of carbonyl (C=O) groups is 2. The molecule has 0 saturated carbocycles. The number of rotatable bonds is 11. The van der Waals surface area contributed by atoms with Crippen LogP contribution in [0.5, 0.6) is 5.75 Å². The summed E-state index contributed by atoms with van der Waals surface area (Å²) in [6.07, 6.45) is 0. The molecule has 8 nitrogen and oxygen atoms in total. The molecule has 202 valence electrons. The summed E-state index contributed by atoms with van der Waals surface area (Å²) in [6.45, 7) is 5.21. The third-order valence-electron chi connectivity index (χ3n) is 6.01. The van der Waals surface area contributed by atoms with Gasteiger partial charge in [-0.25, -0.2) is 8.42 Å². The number of nitrogens with one attached hydrogen (secondary N) is 1. The van der Waals surface area contributed by atoms with Crippen LogP contribution < -0.4 is 14.4 Å². The summed E-state index contributed by atoms with van der Waals surface area (Å²) >= 11 is 6.02. The highest BCUT2D eigenvalue weighted by Crippen LogP contribution is 2.28. The number of nitrogens with zero attached hydrogens (tertiary/aromatic N) is 2. The van der Waals surface area contributed by atoms with Gasteiger partial charge in [0.2, 0.25) is 11.8 Å². The summed E-state index contributed by atoms with van der Waals surface area (Å²) in [5, 5.41) is 3.27. The van der Waals surface area contributed by atoms with Crippen molar-refractivity contribution < 1.29 is 22.7 Å².